The Bertz CT molecular complexity index is 1310. The van der Waals surface area contributed by atoms with E-state index in [4.69, 9.17) is 16.3 Å². The average Bonchev–Trinajstić information content (AvgIpc) is 3.34. The number of likely N-dealkylation sites (N-methyl/N-ethyl adjacent to an activating group) is 1. The van der Waals surface area contributed by atoms with Gasteiger partial charge in [-0.05, 0) is 71.8 Å². The molecular formula is C27H23ClF3N3O3. The zero-order valence-corrected chi connectivity index (χ0v) is 20.8. The first-order chi connectivity index (χ1) is 17.6. The number of hydrazone groups is 1. The van der Waals surface area contributed by atoms with Crippen LogP contribution in [0.15, 0.2) is 77.9 Å². The highest BCUT2D eigenvalue weighted by molar-refractivity contribution is 6.30. The Balaban J connectivity index is 1.55. The van der Waals surface area contributed by atoms with Crippen molar-refractivity contribution in [1.29, 1.82) is 0 Å². The summed E-state index contributed by atoms with van der Waals surface area (Å²) in [6.45, 7) is -0.316. The van der Waals surface area contributed by atoms with E-state index in [1.54, 1.807) is 31.4 Å². The highest BCUT2D eigenvalue weighted by atomic mass is 35.5. The van der Waals surface area contributed by atoms with Crippen molar-refractivity contribution in [2.75, 3.05) is 20.7 Å². The van der Waals surface area contributed by atoms with Crippen molar-refractivity contribution in [1.82, 2.24) is 9.91 Å². The second-order valence-corrected chi connectivity index (χ2v) is 8.96. The first-order valence-corrected chi connectivity index (χ1v) is 11.7. The van der Waals surface area contributed by atoms with Crippen molar-refractivity contribution in [2.24, 2.45) is 5.10 Å². The van der Waals surface area contributed by atoms with E-state index in [-0.39, 0.29) is 12.1 Å². The SMILES string of the molecule is COc1ccc(C2=NN(C(=O)CN(C)C(=O)c3ccc(C(F)(F)F)cc3)C(c3ccc(Cl)cc3)C2)cc1. The van der Waals surface area contributed by atoms with Crippen LogP contribution in [0.2, 0.25) is 5.02 Å². The minimum Gasteiger partial charge on any atom is -0.497 e. The minimum absolute atomic E-state index is 0.0430. The molecule has 4 rings (SSSR count). The smallest absolute Gasteiger partial charge is 0.416 e. The lowest BCUT2D eigenvalue weighted by Gasteiger charge is -2.25. The van der Waals surface area contributed by atoms with E-state index in [9.17, 15) is 22.8 Å². The van der Waals surface area contributed by atoms with Crippen LogP contribution in [0, 0.1) is 0 Å². The molecule has 1 aliphatic heterocycles. The normalized spacial score (nSPS) is 15.4. The molecule has 0 bridgehead atoms. The van der Waals surface area contributed by atoms with Gasteiger partial charge >= 0.3 is 6.18 Å². The van der Waals surface area contributed by atoms with Gasteiger partial charge in [-0.2, -0.15) is 18.3 Å². The molecule has 3 aromatic rings. The lowest BCUT2D eigenvalue weighted by molar-refractivity contribution is -0.137. The molecule has 37 heavy (non-hydrogen) atoms. The molecule has 1 aliphatic rings. The second kappa shape index (κ2) is 10.6. The fraction of sp³-hybridized carbons (Fsp3) is 0.222. The molecule has 6 nitrogen and oxygen atoms in total. The summed E-state index contributed by atoms with van der Waals surface area (Å²) < 4.78 is 43.7. The summed E-state index contributed by atoms with van der Waals surface area (Å²) in [6, 6.07) is 17.8. The van der Waals surface area contributed by atoms with E-state index < -0.39 is 29.6 Å². The van der Waals surface area contributed by atoms with Crippen molar-refractivity contribution >= 4 is 29.1 Å². The van der Waals surface area contributed by atoms with Gasteiger partial charge in [-0.3, -0.25) is 9.59 Å². The molecule has 0 fully saturated rings. The van der Waals surface area contributed by atoms with Gasteiger partial charge in [-0.1, -0.05) is 23.7 Å². The van der Waals surface area contributed by atoms with E-state index in [1.165, 1.54) is 12.1 Å². The van der Waals surface area contributed by atoms with Crippen LogP contribution in [-0.4, -0.2) is 48.1 Å². The highest BCUT2D eigenvalue weighted by Gasteiger charge is 2.34. The Kier molecular flexibility index (Phi) is 7.54. The summed E-state index contributed by atoms with van der Waals surface area (Å²) in [5, 5.41) is 6.48. The minimum atomic E-state index is -4.50. The zero-order chi connectivity index (χ0) is 26.7. The Labute approximate surface area is 216 Å². The predicted octanol–water partition coefficient (Wildman–Crippen LogP) is 5.82. The van der Waals surface area contributed by atoms with Crippen LogP contribution in [0.3, 0.4) is 0 Å². The molecule has 2 amide bonds. The van der Waals surface area contributed by atoms with Crippen LogP contribution < -0.4 is 4.74 Å². The summed E-state index contributed by atoms with van der Waals surface area (Å²) in [6.07, 6.45) is -4.06. The zero-order valence-electron chi connectivity index (χ0n) is 20.0. The van der Waals surface area contributed by atoms with Gasteiger partial charge in [-0.15, -0.1) is 0 Å². The monoisotopic (exact) mass is 529 g/mol. The molecule has 0 aliphatic carbocycles. The Morgan fingerprint density at radius 3 is 2.22 bits per heavy atom. The second-order valence-electron chi connectivity index (χ2n) is 8.52. The van der Waals surface area contributed by atoms with Gasteiger partial charge in [0.15, 0.2) is 0 Å². The third-order valence-corrected chi connectivity index (χ3v) is 6.27. The number of amides is 2. The first kappa shape index (κ1) is 26.2. The van der Waals surface area contributed by atoms with Crippen LogP contribution in [0.1, 0.15) is 39.5 Å². The van der Waals surface area contributed by atoms with E-state index >= 15 is 0 Å². The number of rotatable bonds is 6. The average molecular weight is 530 g/mol. The van der Waals surface area contributed by atoms with Crippen molar-refractivity contribution in [3.63, 3.8) is 0 Å². The van der Waals surface area contributed by atoms with Crippen LogP contribution in [0.25, 0.3) is 0 Å². The number of carbonyl (C=O) groups is 2. The van der Waals surface area contributed by atoms with Gasteiger partial charge in [-0.25, -0.2) is 5.01 Å². The molecule has 0 aromatic heterocycles. The summed E-state index contributed by atoms with van der Waals surface area (Å²) in [5.74, 6) is -0.331. The van der Waals surface area contributed by atoms with E-state index in [2.05, 4.69) is 5.10 Å². The van der Waals surface area contributed by atoms with Gasteiger partial charge in [0.1, 0.15) is 12.3 Å². The predicted molar refractivity (Wildman–Crippen MR) is 134 cm³/mol. The number of carbonyl (C=O) groups excluding carboxylic acids is 2. The van der Waals surface area contributed by atoms with Crippen molar-refractivity contribution in [3.8, 4) is 5.75 Å². The molecule has 0 N–H and O–H groups in total. The third kappa shape index (κ3) is 5.94. The molecule has 0 radical (unpaired) electrons. The number of nitrogens with zero attached hydrogens (tertiary/aromatic N) is 3. The summed E-state index contributed by atoms with van der Waals surface area (Å²) >= 11 is 6.04. The maximum atomic E-state index is 13.3. The van der Waals surface area contributed by atoms with Crippen LogP contribution in [0.4, 0.5) is 13.2 Å². The highest BCUT2D eigenvalue weighted by Crippen LogP contribution is 2.34. The van der Waals surface area contributed by atoms with Crippen LogP contribution >= 0.6 is 11.6 Å². The van der Waals surface area contributed by atoms with E-state index in [0.29, 0.717) is 22.9 Å². The van der Waals surface area contributed by atoms with Gasteiger partial charge in [0.2, 0.25) is 0 Å². The Morgan fingerprint density at radius 2 is 1.65 bits per heavy atom. The van der Waals surface area contributed by atoms with Crippen molar-refractivity contribution in [3.05, 3.63) is 100 Å². The fourth-order valence-corrected chi connectivity index (χ4v) is 4.14. The Hall–Kier alpha value is -3.85. The van der Waals surface area contributed by atoms with Gasteiger partial charge in [0, 0.05) is 24.1 Å². The maximum Gasteiger partial charge on any atom is 0.416 e. The molecular weight excluding hydrogens is 507 g/mol. The van der Waals surface area contributed by atoms with Crippen LogP contribution in [0.5, 0.6) is 5.75 Å². The molecule has 3 aromatic carbocycles. The Morgan fingerprint density at radius 1 is 1.03 bits per heavy atom. The number of hydrogen-bond donors (Lipinski definition) is 0. The van der Waals surface area contributed by atoms with Gasteiger partial charge < -0.3 is 9.64 Å². The quantitative estimate of drug-likeness (QED) is 0.404. The number of methoxy groups -OCH3 is 1. The lowest BCUT2D eigenvalue weighted by atomic mass is 9.98. The van der Waals surface area contributed by atoms with Crippen LogP contribution in [-0.2, 0) is 11.0 Å². The molecule has 10 heteroatoms. The summed E-state index contributed by atoms with van der Waals surface area (Å²) in [4.78, 5) is 27.3. The largest absolute Gasteiger partial charge is 0.497 e. The number of ether oxygens (including phenoxy) is 1. The molecule has 192 valence electrons. The fourth-order valence-electron chi connectivity index (χ4n) is 4.01. The number of halogens is 4. The third-order valence-electron chi connectivity index (χ3n) is 6.02. The topological polar surface area (TPSA) is 62.2 Å². The number of hydrogen-bond acceptors (Lipinski definition) is 4. The first-order valence-electron chi connectivity index (χ1n) is 11.3. The van der Waals surface area contributed by atoms with Gasteiger partial charge in [0.25, 0.3) is 11.8 Å². The number of alkyl halides is 3. The lowest BCUT2D eigenvalue weighted by Crippen LogP contribution is -2.39. The molecule has 1 heterocycles. The maximum absolute atomic E-state index is 13.3. The molecule has 1 unspecified atom stereocenters. The number of benzene rings is 3. The summed E-state index contributed by atoms with van der Waals surface area (Å²) in [5.41, 5.74) is 1.52. The summed E-state index contributed by atoms with van der Waals surface area (Å²) in [7, 11) is 2.99. The van der Waals surface area contributed by atoms with E-state index in [0.717, 1.165) is 40.3 Å². The molecule has 0 saturated heterocycles. The van der Waals surface area contributed by atoms with Crippen molar-refractivity contribution < 1.29 is 27.5 Å². The molecule has 0 saturated carbocycles. The molecule has 0 spiro atoms. The van der Waals surface area contributed by atoms with E-state index in [1.807, 2.05) is 24.3 Å². The molecule has 1 atom stereocenters. The van der Waals surface area contributed by atoms with Gasteiger partial charge in [0.05, 0.1) is 24.4 Å². The van der Waals surface area contributed by atoms with Crippen molar-refractivity contribution in [2.45, 2.75) is 18.6 Å². The standard InChI is InChI=1S/C27H23ClF3N3O3/c1-33(26(36)19-3-9-20(10-4-19)27(29,30)31)16-25(35)34-24(18-5-11-21(28)12-6-18)15-23(32-34)17-7-13-22(37-2)14-8-17/h3-14,24H,15-16H2,1-2H3.